The molecule has 0 aliphatic heterocycles. The number of nitrogens with zero attached hydrogens (tertiary/aromatic N) is 2. The summed E-state index contributed by atoms with van der Waals surface area (Å²) in [5, 5.41) is 0. The first kappa shape index (κ1) is 9.27. The van der Waals surface area contributed by atoms with Crippen molar-refractivity contribution in [1.29, 1.82) is 0 Å². The van der Waals surface area contributed by atoms with Gasteiger partial charge >= 0.3 is 0 Å². The van der Waals surface area contributed by atoms with E-state index >= 15 is 0 Å². The maximum Gasteiger partial charge on any atom is 0.185 e. The van der Waals surface area contributed by atoms with Gasteiger partial charge in [-0.2, -0.15) is 0 Å². The molecule has 2 aromatic rings. The summed E-state index contributed by atoms with van der Waals surface area (Å²) in [7, 11) is 5.51. The first-order valence-corrected chi connectivity index (χ1v) is 5.14. The highest BCUT2D eigenvalue weighted by atomic mass is 32.1. The summed E-state index contributed by atoms with van der Waals surface area (Å²) in [6, 6.07) is 6.06. The van der Waals surface area contributed by atoms with E-state index in [1.54, 1.807) is 18.4 Å². The lowest BCUT2D eigenvalue weighted by Gasteiger charge is -1.99. The minimum Gasteiger partial charge on any atom is -0.497 e. The Balaban J connectivity index is 2.79. The Hall–Kier alpha value is -1.29. The highest BCUT2D eigenvalue weighted by Gasteiger charge is 2.02. The number of methoxy groups -OCH3 is 1. The second-order valence-corrected chi connectivity index (χ2v) is 4.01. The summed E-state index contributed by atoms with van der Waals surface area (Å²) >= 11 is 1.67. The average Bonchev–Trinajstić information content (AvgIpc) is 2.55. The molecule has 74 valence electrons. The van der Waals surface area contributed by atoms with E-state index in [-0.39, 0.29) is 0 Å². The fourth-order valence-electron chi connectivity index (χ4n) is 1.45. The molecule has 0 saturated carbocycles. The molecule has 0 bridgehead atoms. The summed E-state index contributed by atoms with van der Waals surface area (Å²) < 4.78 is 8.46. The predicted molar refractivity (Wildman–Crippen MR) is 58.8 cm³/mol. The normalized spacial score (nSPS) is 12.4. The van der Waals surface area contributed by atoms with Crippen LogP contribution in [0.4, 0.5) is 0 Å². The largest absolute Gasteiger partial charge is 0.497 e. The third-order valence-corrected chi connectivity index (χ3v) is 3.39. The number of thiazole rings is 1. The molecule has 2 rings (SSSR count). The van der Waals surface area contributed by atoms with Crippen LogP contribution in [0.3, 0.4) is 0 Å². The molecule has 1 aromatic carbocycles. The second-order valence-electron chi connectivity index (χ2n) is 3.00. The van der Waals surface area contributed by atoms with Crippen LogP contribution in [0.5, 0.6) is 5.75 Å². The standard InChI is InChI=1S/C10H12N2OS/c1-11-10-12(2)8-5-4-7(13-3)6-9(8)14-10/h4-6H,1-3H3. The molecule has 0 unspecified atom stereocenters. The van der Waals surface area contributed by atoms with Gasteiger partial charge in [-0.15, -0.1) is 0 Å². The zero-order chi connectivity index (χ0) is 10.1. The number of fused-ring (bicyclic) bond motifs is 1. The Morgan fingerprint density at radius 2 is 2.21 bits per heavy atom. The Bertz CT molecular complexity index is 524. The quantitative estimate of drug-likeness (QED) is 0.701. The minimum atomic E-state index is 0.891. The van der Waals surface area contributed by atoms with E-state index in [0.717, 1.165) is 10.6 Å². The van der Waals surface area contributed by atoms with Crippen LogP contribution in [0.15, 0.2) is 23.2 Å². The summed E-state index contributed by atoms with van der Waals surface area (Å²) in [6.07, 6.45) is 0. The van der Waals surface area contributed by atoms with Gasteiger partial charge in [-0.05, 0) is 18.2 Å². The van der Waals surface area contributed by atoms with Gasteiger partial charge in [0.2, 0.25) is 0 Å². The molecule has 0 aliphatic rings. The molecule has 4 heteroatoms. The molecule has 0 aliphatic carbocycles. The van der Waals surface area contributed by atoms with Crippen molar-refractivity contribution in [2.45, 2.75) is 0 Å². The maximum absolute atomic E-state index is 5.17. The van der Waals surface area contributed by atoms with Crippen LogP contribution in [0.2, 0.25) is 0 Å². The lowest BCUT2D eigenvalue weighted by atomic mass is 10.3. The van der Waals surface area contributed by atoms with Crippen LogP contribution in [0, 0.1) is 0 Å². The van der Waals surface area contributed by atoms with Crippen molar-refractivity contribution >= 4 is 21.6 Å². The summed E-state index contributed by atoms with van der Waals surface area (Å²) in [4.78, 5) is 5.23. The van der Waals surface area contributed by atoms with E-state index in [1.165, 1.54) is 10.2 Å². The third kappa shape index (κ3) is 1.32. The number of ether oxygens (including phenoxy) is 1. The van der Waals surface area contributed by atoms with Crippen LogP contribution >= 0.6 is 11.3 Å². The highest BCUT2D eigenvalue weighted by Crippen LogP contribution is 2.22. The lowest BCUT2D eigenvalue weighted by molar-refractivity contribution is 0.415. The van der Waals surface area contributed by atoms with Gasteiger partial charge in [0.1, 0.15) is 5.75 Å². The third-order valence-electron chi connectivity index (χ3n) is 2.21. The molecule has 0 saturated heterocycles. The molecule has 1 heterocycles. The SMILES string of the molecule is CN=c1sc2cc(OC)ccc2n1C. The Morgan fingerprint density at radius 1 is 1.43 bits per heavy atom. The van der Waals surface area contributed by atoms with Crippen LogP contribution in [-0.4, -0.2) is 18.7 Å². The van der Waals surface area contributed by atoms with E-state index in [1.807, 2.05) is 26.2 Å². The fourth-order valence-corrected chi connectivity index (χ4v) is 2.45. The van der Waals surface area contributed by atoms with Crippen LogP contribution < -0.4 is 9.54 Å². The Morgan fingerprint density at radius 3 is 2.86 bits per heavy atom. The molecular weight excluding hydrogens is 196 g/mol. The molecule has 0 N–H and O–H groups in total. The topological polar surface area (TPSA) is 26.5 Å². The summed E-state index contributed by atoms with van der Waals surface area (Å²) in [5.74, 6) is 0.891. The molecule has 0 radical (unpaired) electrons. The molecule has 0 amide bonds. The molecule has 0 fully saturated rings. The van der Waals surface area contributed by atoms with E-state index < -0.39 is 0 Å². The van der Waals surface area contributed by atoms with Crippen molar-refractivity contribution in [3.63, 3.8) is 0 Å². The van der Waals surface area contributed by atoms with Crippen LogP contribution in [-0.2, 0) is 7.05 Å². The number of aryl methyl sites for hydroxylation is 1. The number of aromatic nitrogens is 1. The number of hydrogen-bond acceptors (Lipinski definition) is 3. The van der Waals surface area contributed by atoms with Crippen molar-refractivity contribution < 1.29 is 4.74 Å². The van der Waals surface area contributed by atoms with Crippen molar-refractivity contribution in [2.24, 2.45) is 12.0 Å². The zero-order valence-corrected chi connectivity index (χ0v) is 9.26. The van der Waals surface area contributed by atoms with Gasteiger partial charge in [-0.25, -0.2) is 0 Å². The van der Waals surface area contributed by atoms with Crippen molar-refractivity contribution in [3.05, 3.63) is 23.0 Å². The van der Waals surface area contributed by atoms with Crippen molar-refractivity contribution in [2.75, 3.05) is 14.2 Å². The van der Waals surface area contributed by atoms with E-state index in [0.29, 0.717) is 0 Å². The fraction of sp³-hybridized carbons (Fsp3) is 0.300. The van der Waals surface area contributed by atoms with Crippen LogP contribution in [0.25, 0.3) is 10.2 Å². The van der Waals surface area contributed by atoms with Crippen molar-refractivity contribution in [3.8, 4) is 5.75 Å². The maximum atomic E-state index is 5.17. The predicted octanol–water partition coefficient (Wildman–Crippen LogP) is 1.78. The number of benzene rings is 1. The van der Waals surface area contributed by atoms with Gasteiger partial charge in [-0.3, -0.25) is 4.99 Å². The minimum absolute atomic E-state index is 0.891. The molecular formula is C10H12N2OS. The first-order valence-electron chi connectivity index (χ1n) is 4.32. The smallest absolute Gasteiger partial charge is 0.185 e. The van der Waals surface area contributed by atoms with Gasteiger partial charge in [0.25, 0.3) is 0 Å². The lowest BCUT2D eigenvalue weighted by Crippen LogP contribution is -2.08. The molecule has 14 heavy (non-hydrogen) atoms. The Kier molecular flexibility index (Phi) is 2.29. The molecule has 0 spiro atoms. The summed E-state index contributed by atoms with van der Waals surface area (Å²) in [6.45, 7) is 0. The van der Waals surface area contributed by atoms with E-state index in [9.17, 15) is 0 Å². The zero-order valence-electron chi connectivity index (χ0n) is 8.44. The van der Waals surface area contributed by atoms with Gasteiger partial charge in [0.15, 0.2) is 4.80 Å². The van der Waals surface area contributed by atoms with Gasteiger partial charge in [0, 0.05) is 14.1 Å². The number of rotatable bonds is 1. The Labute approximate surface area is 86.3 Å². The molecule has 3 nitrogen and oxygen atoms in total. The van der Waals surface area contributed by atoms with Gasteiger partial charge in [0.05, 0.1) is 17.3 Å². The second kappa shape index (κ2) is 3.46. The number of hydrogen-bond donors (Lipinski definition) is 0. The first-order chi connectivity index (χ1) is 6.76. The van der Waals surface area contributed by atoms with Crippen molar-refractivity contribution in [1.82, 2.24) is 4.57 Å². The monoisotopic (exact) mass is 208 g/mol. The average molecular weight is 208 g/mol. The van der Waals surface area contributed by atoms with E-state index in [4.69, 9.17) is 4.74 Å². The van der Waals surface area contributed by atoms with E-state index in [2.05, 4.69) is 15.6 Å². The molecule has 0 atom stereocenters. The summed E-state index contributed by atoms with van der Waals surface area (Å²) in [5.41, 5.74) is 1.19. The van der Waals surface area contributed by atoms with Crippen LogP contribution in [0.1, 0.15) is 0 Å². The van der Waals surface area contributed by atoms with Gasteiger partial charge in [-0.1, -0.05) is 11.3 Å². The van der Waals surface area contributed by atoms with Gasteiger partial charge < -0.3 is 9.30 Å². The highest BCUT2D eigenvalue weighted by molar-refractivity contribution is 7.16. The molecule has 1 aromatic heterocycles.